The van der Waals surface area contributed by atoms with Crippen molar-refractivity contribution in [1.82, 2.24) is 14.5 Å². The van der Waals surface area contributed by atoms with Gasteiger partial charge >= 0.3 is 6.18 Å². The average molecular weight is 437 g/mol. The normalized spacial score (nSPS) is 12.0. The van der Waals surface area contributed by atoms with Crippen LogP contribution in [-0.2, 0) is 6.18 Å². The van der Waals surface area contributed by atoms with Crippen molar-refractivity contribution >= 4 is 16.5 Å². The van der Waals surface area contributed by atoms with Gasteiger partial charge in [-0.2, -0.15) is 13.2 Å². The van der Waals surface area contributed by atoms with E-state index in [0.717, 1.165) is 60.0 Å². The number of rotatable bonds is 8. The molecule has 3 rings (SSSR count). The third-order valence-electron chi connectivity index (χ3n) is 5.24. The minimum absolute atomic E-state index is 0.499. The van der Waals surface area contributed by atoms with Gasteiger partial charge < -0.3 is 14.8 Å². The molecule has 0 saturated carbocycles. The van der Waals surface area contributed by atoms with Crippen LogP contribution in [0.4, 0.5) is 18.3 Å². The van der Waals surface area contributed by atoms with Crippen LogP contribution in [0.3, 0.4) is 0 Å². The summed E-state index contributed by atoms with van der Waals surface area (Å²) in [7, 11) is 0. The van der Waals surface area contributed by atoms with Crippen LogP contribution in [0.2, 0.25) is 0 Å². The minimum Gasteiger partial charge on any atom is -0.360 e. The summed E-state index contributed by atoms with van der Waals surface area (Å²) in [5.41, 5.74) is 3.34. The topological polar surface area (TPSA) is 33.1 Å². The van der Waals surface area contributed by atoms with Crippen molar-refractivity contribution in [1.29, 1.82) is 0 Å². The number of anilines is 1. The molecule has 0 aliphatic rings. The van der Waals surface area contributed by atoms with Gasteiger partial charge in [0.15, 0.2) is 5.13 Å². The fourth-order valence-electron chi connectivity index (χ4n) is 3.58. The molecule has 0 amide bonds. The molecule has 2 heterocycles. The summed E-state index contributed by atoms with van der Waals surface area (Å²) in [4.78, 5) is 7.03. The summed E-state index contributed by atoms with van der Waals surface area (Å²) >= 11 is 1.54. The zero-order valence-corrected chi connectivity index (χ0v) is 18.5. The van der Waals surface area contributed by atoms with Crippen molar-refractivity contribution in [2.24, 2.45) is 0 Å². The van der Waals surface area contributed by atoms with Gasteiger partial charge in [0.25, 0.3) is 0 Å². The van der Waals surface area contributed by atoms with Crippen molar-refractivity contribution < 1.29 is 13.2 Å². The van der Waals surface area contributed by atoms with Crippen LogP contribution in [0, 0.1) is 13.8 Å². The molecule has 3 aromatic rings. The van der Waals surface area contributed by atoms with Gasteiger partial charge in [-0.25, -0.2) is 4.98 Å². The van der Waals surface area contributed by atoms with E-state index in [1.54, 1.807) is 6.07 Å². The SMILES string of the molecule is CCN(CC)CCNc1nc(-c2cc(C)n(-c3cccc(C(F)(F)F)c3)c2C)cs1. The highest BCUT2D eigenvalue weighted by Gasteiger charge is 2.30. The van der Waals surface area contributed by atoms with Crippen molar-refractivity contribution in [3.8, 4) is 16.9 Å². The van der Waals surface area contributed by atoms with Crippen LogP contribution < -0.4 is 5.32 Å². The van der Waals surface area contributed by atoms with Crippen molar-refractivity contribution in [2.45, 2.75) is 33.9 Å². The standard InChI is InChI=1S/C22H27F3N4S/c1-5-28(6-2)11-10-26-21-27-20(14-30-21)19-12-15(3)29(16(19)4)18-9-7-8-17(13-18)22(23,24)25/h7-9,12-14H,5-6,10-11H2,1-4H3,(H,26,27). The lowest BCUT2D eigenvalue weighted by Crippen LogP contribution is -2.28. The van der Waals surface area contributed by atoms with E-state index in [-0.39, 0.29) is 0 Å². The van der Waals surface area contributed by atoms with Gasteiger partial charge in [0, 0.05) is 41.1 Å². The Morgan fingerprint density at radius 3 is 2.53 bits per heavy atom. The Morgan fingerprint density at radius 1 is 1.13 bits per heavy atom. The van der Waals surface area contributed by atoms with Gasteiger partial charge in [0.2, 0.25) is 0 Å². The Balaban J connectivity index is 1.82. The molecule has 0 bridgehead atoms. The van der Waals surface area contributed by atoms with Gasteiger partial charge in [-0.15, -0.1) is 11.3 Å². The van der Waals surface area contributed by atoms with Crippen molar-refractivity contribution in [2.75, 3.05) is 31.5 Å². The number of aryl methyl sites for hydroxylation is 1. The van der Waals surface area contributed by atoms with Crippen LogP contribution in [0.25, 0.3) is 16.9 Å². The van der Waals surface area contributed by atoms with Gasteiger partial charge in [-0.1, -0.05) is 19.9 Å². The molecule has 0 unspecified atom stereocenters. The number of aromatic nitrogens is 2. The van der Waals surface area contributed by atoms with Gasteiger partial charge in [-0.05, 0) is 51.2 Å². The van der Waals surface area contributed by atoms with Gasteiger partial charge in [0.1, 0.15) is 0 Å². The summed E-state index contributed by atoms with van der Waals surface area (Å²) in [5, 5.41) is 6.20. The van der Waals surface area contributed by atoms with Gasteiger partial charge in [0.05, 0.1) is 11.3 Å². The zero-order chi connectivity index (χ0) is 21.9. The number of hydrogen-bond acceptors (Lipinski definition) is 4. The average Bonchev–Trinajstić information content (AvgIpc) is 3.28. The van der Waals surface area contributed by atoms with E-state index in [4.69, 9.17) is 4.98 Å². The number of nitrogens with one attached hydrogen (secondary N) is 1. The van der Waals surface area contributed by atoms with E-state index in [2.05, 4.69) is 24.1 Å². The zero-order valence-electron chi connectivity index (χ0n) is 17.7. The smallest absolute Gasteiger partial charge is 0.360 e. The lowest BCUT2D eigenvalue weighted by atomic mass is 10.2. The van der Waals surface area contributed by atoms with Crippen molar-refractivity contribution in [3.05, 3.63) is 52.7 Å². The molecule has 0 atom stereocenters. The first-order chi connectivity index (χ1) is 14.2. The third-order valence-corrected chi connectivity index (χ3v) is 6.04. The lowest BCUT2D eigenvalue weighted by molar-refractivity contribution is -0.137. The number of halogens is 3. The van der Waals surface area contributed by atoms with E-state index < -0.39 is 11.7 Å². The number of nitrogens with zero attached hydrogens (tertiary/aromatic N) is 3. The number of thiazole rings is 1. The van der Waals surface area contributed by atoms with Crippen LogP contribution in [0.1, 0.15) is 30.8 Å². The Kier molecular flexibility index (Phi) is 6.88. The maximum atomic E-state index is 13.1. The van der Waals surface area contributed by atoms with Crippen LogP contribution >= 0.6 is 11.3 Å². The summed E-state index contributed by atoms with van der Waals surface area (Å²) in [6, 6.07) is 7.39. The second-order valence-corrected chi connectivity index (χ2v) is 8.02. The molecular formula is C22H27F3N4S. The Bertz CT molecular complexity index is 987. The highest BCUT2D eigenvalue weighted by Crippen LogP contribution is 2.34. The first-order valence-corrected chi connectivity index (χ1v) is 10.9. The predicted octanol–water partition coefficient (Wildman–Crippen LogP) is 5.99. The summed E-state index contributed by atoms with van der Waals surface area (Å²) in [5.74, 6) is 0. The molecule has 8 heteroatoms. The number of alkyl halides is 3. The maximum Gasteiger partial charge on any atom is 0.416 e. The number of hydrogen-bond donors (Lipinski definition) is 1. The number of likely N-dealkylation sites (N-methyl/N-ethyl adjacent to an activating group) is 1. The monoisotopic (exact) mass is 436 g/mol. The molecule has 0 fully saturated rings. The molecule has 4 nitrogen and oxygen atoms in total. The molecule has 30 heavy (non-hydrogen) atoms. The molecule has 0 saturated heterocycles. The largest absolute Gasteiger partial charge is 0.416 e. The third kappa shape index (κ3) is 4.87. The van der Waals surface area contributed by atoms with Crippen molar-refractivity contribution in [3.63, 3.8) is 0 Å². The molecule has 0 aliphatic carbocycles. The van der Waals surface area contributed by atoms with Crippen LogP contribution in [0.5, 0.6) is 0 Å². The molecule has 1 N–H and O–H groups in total. The fourth-order valence-corrected chi connectivity index (χ4v) is 4.32. The van der Waals surface area contributed by atoms with E-state index in [1.165, 1.54) is 23.5 Å². The molecule has 0 radical (unpaired) electrons. The van der Waals surface area contributed by atoms with Gasteiger partial charge in [-0.3, -0.25) is 0 Å². The highest BCUT2D eigenvalue weighted by molar-refractivity contribution is 7.14. The van der Waals surface area contributed by atoms with E-state index in [1.807, 2.05) is 29.9 Å². The molecule has 1 aromatic carbocycles. The second-order valence-electron chi connectivity index (χ2n) is 7.16. The first kappa shape index (κ1) is 22.4. The summed E-state index contributed by atoms with van der Waals surface area (Å²) in [6.07, 6.45) is -4.37. The van der Waals surface area contributed by atoms with Crippen LogP contribution in [0.15, 0.2) is 35.7 Å². The first-order valence-electron chi connectivity index (χ1n) is 10.0. The van der Waals surface area contributed by atoms with Crippen LogP contribution in [-0.4, -0.2) is 40.6 Å². The molecule has 2 aromatic heterocycles. The fraction of sp³-hybridized carbons (Fsp3) is 0.409. The molecule has 0 aliphatic heterocycles. The Hall–Kier alpha value is -2.32. The predicted molar refractivity (Wildman–Crippen MR) is 118 cm³/mol. The van der Waals surface area contributed by atoms with E-state index in [9.17, 15) is 13.2 Å². The van der Waals surface area contributed by atoms with E-state index >= 15 is 0 Å². The summed E-state index contributed by atoms with van der Waals surface area (Å²) in [6.45, 7) is 11.9. The molecule has 162 valence electrons. The second kappa shape index (κ2) is 9.22. The van der Waals surface area contributed by atoms with E-state index in [0.29, 0.717) is 5.69 Å². The minimum atomic E-state index is -4.37. The number of benzene rings is 1. The molecule has 0 spiro atoms. The summed E-state index contributed by atoms with van der Waals surface area (Å²) < 4.78 is 41.2. The highest BCUT2D eigenvalue weighted by atomic mass is 32.1. The lowest BCUT2D eigenvalue weighted by Gasteiger charge is -2.17. The Labute approximate surface area is 179 Å². The quantitative estimate of drug-likeness (QED) is 0.471. The Morgan fingerprint density at radius 2 is 1.87 bits per heavy atom. The maximum absolute atomic E-state index is 13.1. The molecular weight excluding hydrogens is 409 g/mol.